The largest absolute Gasteiger partial charge is 0.491 e. The van der Waals surface area contributed by atoms with Crippen molar-refractivity contribution in [2.24, 2.45) is 5.73 Å². The molecule has 7 nitrogen and oxygen atoms in total. The molecule has 192 valence electrons. The number of benzene rings is 1. The van der Waals surface area contributed by atoms with Gasteiger partial charge in [-0.15, -0.1) is 13.2 Å². The molecular formula is C27H26F3N5O2. The van der Waals surface area contributed by atoms with Gasteiger partial charge in [0, 0.05) is 42.8 Å². The number of hydrogen-bond acceptors (Lipinski definition) is 6. The molecule has 0 bridgehead atoms. The van der Waals surface area contributed by atoms with Gasteiger partial charge < -0.3 is 15.4 Å². The quantitative estimate of drug-likeness (QED) is 0.420. The second-order valence-corrected chi connectivity index (χ2v) is 8.59. The van der Waals surface area contributed by atoms with Crippen LogP contribution in [-0.2, 0) is 4.74 Å². The molecule has 0 saturated carbocycles. The van der Waals surface area contributed by atoms with Gasteiger partial charge in [0.15, 0.2) is 0 Å². The third-order valence-electron chi connectivity index (χ3n) is 5.81. The van der Waals surface area contributed by atoms with Gasteiger partial charge in [0.2, 0.25) is 0 Å². The van der Waals surface area contributed by atoms with Crippen LogP contribution in [0.15, 0.2) is 55.0 Å². The van der Waals surface area contributed by atoms with Crippen LogP contribution in [0.4, 0.5) is 24.5 Å². The van der Waals surface area contributed by atoms with Gasteiger partial charge in [-0.05, 0) is 61.2 Å². The number of ether oxygens (including phenoxy) is 1. The van der Waals surface area contributed by atoms with Gasteiger partial charge in [-0.1, -0.05) is 12.0 Å². The lowest BCUT2D eigenvalue weighted by molar-refractivity contribution is -0.122. The Kier molecular flexibility index (Phi) is 7.76. The summed E-state index contributed by atoms with van der Waals surface area (Å²) < 4.78 is 47.8. The molecule has 1 aliphatic heterocycles. The summed E-state index contributed by atoms with van der Waals surface area (Å²) >= 11 is 0. The van der Waals surface area contributed by atoms with Crippen molar-refractivity contribution in [2.75, 3.05) is 36.1 Å². The third-order valence-corrected chi connectivity index (χ3v) is 5.81. The number of carbonyl (C=O) groups is 1. The van der Waals surface area contributed by atoms with Crippen molar-refractivity contribution in [3.05, 3.63) is 71.8 Å². The first-order valence-electron chi connectivity index (χ1n) is 11.7. The molecule has 2 aromatic heterocycles. The smallest absolute Gasteiger partial charge is 0.378 e. The highest BCUT2D eigenvalue weighted by Crippen LogP contribution is 2.36. The summed E-state index contributed by atoms with van der Waals surface area (Å²) in [5, 5.41) is 0. The molecule has 0 aliphatic carbocycles. The minimum absolute atomic E-state index is 0.122. The number of carbonyl (C=O) groups excluding carboxylic acids is 1. The molecule has 0 spiro atoms. The lowest BCUT2D eigenvalue weighted by Gasteiger charge is -2.30. The Bertz CT molecular complexity index is 1330. The molecule has 1 amide bonds. The first-order chi connectivity index (χ1) is 17.6. The molecule has 1 aromatic carbocycles. The van der Waals surface area contributed by atoms with E-state index < -0.39 is 12.2 Å². The van der Waals surface area contributed by atoms with E-state index in [1.165, 1.54) is 36.7 Å². The average Bonchev–Trinajstić information content (AvgIpc) is 2.88. The zero-order chi connectivity index (χ0) is 26.6. The van der Waals surface area contributed by atoms with Gasteiger partial charge >= 0.3 is 6.30 Å². The predicted molar refractivity (Wildman–Crippen MR) is 135 cm³/mol. The predicted octanol–water partition coefficient (Wildman–Crippen LogP) is 4.15. The standard InChI is InChI=1S/C27H26F3N5O2/c1-18-3-5-22(35(27(28,29)30)26(36)20-7-9-32-10-8-20)16-23(18)21-15-25(34-11-13-37-14-12-34)24(33-17-21)6-4-19(2)31/h3,5,7-10,15-17,19H,11-14,31H2,1-2H3/t19-/m0/s1. The first kappa shape index (κ1) is 26.1. The fraction of sp³-hybridized carbons (Fsp3) is 0.296. The maximum Gasteiger partial charge on any atom is 0.491 e. The lowest BCUT2D eigenvalue weighted by Crippen LogP contribution is -2.43. The van der Waals surface area contributed by atoms with Crippen molar-refractivity contribution in [3.8, 4) is 23.0 Å². The van der Waals surface area contributed by atoms with E-state index in [-0.39, 0.29) is 22.2 Å². The van der Waals surface area contributed by atoms with E-state index in [0.29, 0.717) is 43.1 Å². The Morgan fingerprint density at radius 1 is 1.16 bits per heavy atom. The summed E-state index contributed by atoms with van der Waals surface area (Å²) in [6.45, 7) is 5.88. The van der Waals surface area contributed by atoms with Crippen molar-refractivity contribution in [1.29, 1.82) is 0 Å². The number of hydrogen-bond donors (Lipinski definition) is 1. The summed E-state index contributed by atoms with van der Waals surface area (Å²) in [5.74, 6) is 4.73. The summed E-state index contributed by atoms with van der Waals surface area (Å²) in [5.41, 5.74) is 8.49. The van der Waals surface area contributed by atoms with Crippen LogP contribution in [-0.4, -0.2) is 54.5 Å². The zero-order valence-electron chi connectivity index (χ0n) is 20.4. The molecule has 1 fully saturated rings. The molecule has 10 heteroatoms. The van der Waals surface area contributed by atoms with E-state index in [1.54, 1.807) is 26.1 Å². The van der Waals surface area contributed by atoms with Gasteiger partial charge in [0.05, 0.1) is 30.6 Å². The molecule has 1 saturated heterocycles. The van der Waals surface area contributed by atoms with Gasteiger partial charge in [-0.2, -0.15) is 0 Å². The van der Waals surface area contributed by atoms with Crippen LogP contribution < -0.4 is 15.5 Å². The maximum absolute atomic E-state index is 14.1. The van der Waals surface area contributed by atoms with E-state index in [9.17, 15) is 18.0 Å². The molecule has 1 atom stereocenters. The van der Waals surface area contributed by atoms with Crippen LogP contribution in [0.3, 0.4) is 0 Å². The topological polar surface area (TPSA) is 84.6 Å². The summed E-state index contributed by atoms with van der Waals surface area (Å²) in [6, 6.07) is 8.20. The fourth-order valence-corrected chi connectivity index (χ4v) is 3.99. The number of rotatable bonds is 4. The van der Waals surface area contributed by atoms with Crippen molar-refractivity contribution in [3.63, 3.8) is 0 Å². The molecule has 2 N–H and O–H groups in total. The normalized spacial score (nSPS) is 14.5. The molecule has 0 unspecified atom stereocenters. The highest BCUT2D eigenvalue weighted by atomic mass is 19.4. The minimum Gasteiger partial charge on any atom is -0.378 e. The fourth-order valence-electron chi connectivity index (χ4n) is 3.99. The van der Waals surface area contributed by atoms with Crippen LogP contribution >= 0.6 is 0 Å². The summed E-state index contributed by atoms with van der Waals surface area (Å²) in [6.07, 6.45) is -0.819. The molecule has 0 radical (unpaired) electrons. The Morgan fingerprint density at radius 3 is 2.51 bits per heavy atom. The Labute approximate surface area is 213 Å². The SMILES string of the molecule is Cc1ccc(N(C(=O)c2ccncc2)C(F)(F)F)cc1-c1cnc(C#C[C@H](C)N)c(N2CCOCC2)c1. The van der Waals surface area contributed by atoms with Crippen LogP contribution in [0.5, 0.6) is 0 Å². The number of aryl methyl sites for hydroxylation is 1. The molecular weight excluding hydrogens is 483 g/mol. The highest BCUT2D eigenvalue weighted by Gasteiger charge is 2.43. The number of nitrogens with zero attached hydrogens (tertiary/aromatic N) is 4. The monoisotopic (exact) mass is 509 g/mol. The molecule has 1 aliphatic rings. The highest BCUT2D eigenvalue weighted by molar-refractivity contribution is 6.06. The molecule has 4 rings (SSSR count). The van der Waals surface area contributed by atoms with Crippen molar-refractivity contribution < 1.29 is 22.7 Å². The van der Waals surface area contributed by atoms with Gasteiger partial charge in [0.25, 0.3) is 5.91 Å². The number of halogens is 3. The molecule has 3 aromatic rings. The average molecular weight is 510 g/mol. The molecule has 3 heterocycles. The van der Waals surface area contributed by atoms with Crippen molar-refractivity contribution >= 4 is 17.3 Å². The number of pyridine rings is 2. The Hall–Kier alpha value is -3.94. The lowest BCUT2D eigenvalue weighted by atomic mass is 9.99. The third kappa shape index (κ3) is 6.07. The minimum atomic E-state index is -4.94. The zero-order valence-corrected chi connectivity index (χ0v) is 20.4. The second kappa shape index (κ2) is 11.0. The van der Waals surface area contributed by atoms with Crippen LogP contribution in [0.25, 0.3) is 11.1 Å². The van der Waals surface area contributed by atoms with E-state index in [4.69, 9.17) is 10.5 Å². The number of amides is 1. The van der Waals surface area contributed by atoms with E-state index in [0.717, 1.165) is 11.3 Å². The maximum atomic E-state index is 14.1. The number of morpholine rings is 1. The van der Waals surface area contributed by atoms with Crippen LogP contribution in [0.1, 0.15) is 28.5 Å². The summed E-state index contributed by atoms with van der Waals surface area (Å²) in [7, 11) is 0. The van der Waals surface area contributed by atoms with E-state index in [1.807, 2.05) is 6.07 Å². The number of anilines is 2. The number of alkyl halides is 3. The van der Waals surface area contributed by atoms with Gasteiger partial charge in [0.1, 0.15) is 5.69 Å². The Morgan fingerprint density at radius 2 is 1.86 bits per heavy atom. The second-order valence-electron chi connectivity index (χ2n) is 8.59. The Balaban J connectivity index is 1.80. The number of aromatic nitrogens is 2. The van der Waals surface area contributed by atoms with Gasteiger partial charge in [-0.3, -0.25) is 9.78 Å². The molecule has 37 heavy (non-hydrogen) atoms. The summed E-state index contributed by atoms with van der Waals surface area (Å²) in [4.78, 5) is 23.1. The first-order valence-corrected chi connectivity index (χ1v) is 11.7. The van der Waals surface area contributed by atoms with E-state index in [2.05, 4.69) is 26.7 Å². The van der Waals surface area contributed by atoms with E-state index >= 15 is 0 Å². The van der Waals surface area contributed by atoms with Crippen LogP contribution in [0, 0.1) is 18.8 Å². The van der Waals surface area contributed by atoms with Crippen LogP contribution in [0.2, 0.25) is 0 Å². The van der Waals surface area contributed by atoms with Crippen molar-refractivity contribution in [1.82, 2.24) is 9.97 Å². The van der Waals surface area contributed by atoms with Crippen molar-refractivity contribution in [2.45, 2.75) is 26.2 Å². The van der Waals surface area contributed by atoms with Gasteiger partial charge in [-0.25, -0.2) is 9.88 Å². The number of nitrogens with two attached hydrogens (primary N) is 1.